The molecule has 1 aromatic heterocycles. The molecule has 2 aromatic carbocycles. The molecule has 0 radical (unpaired) electrons. The number of aromatic nitrogens is 2. The molecule has 0 amide bonds. The highest BCUT2D eigenvalue weighted by atomic mass is 35.5. The summed E-state index contributed by atoms with van der Waals surface area (Å²) in [6, 6.07) is 12.9. The normalized spacial score (nSPS) is 14.4. The fraction of sp³-hybridized carbons (Fsp3) is 0.304. The van der Waals surface area contributed by atoms with Gasteiger partial charge in [0.25, 0.3) is 0 Å². The lowest BCUT2D eigenvalue weighted by Crippen LogP contribution is -2.44. The summed E-state index contributed by atoms with van der Waals surface area (Å²) < 4.78 is 13.9. The molecule has 0 saturated carbocycles. The van der Waals surface area contributed by atoms with E-state index in [1.807, 2.05) is 12.1 Å². The minimum Gasteiger partial charge on any atom is -0.369 e. The molecule has 32 heavy (non-hydrogen) atoms. The maximum Gasteiger partial charge on any atom is 0.229 e. The van der Waals surface area contributed by atoms with Crippen LogP contribution in [0.2, 0.25) is 10.0 Å². The Morgan fingerprint density at radius 1 is 1.00 bits per heavy atom. The smallest absolute Gasteiger partial charge is 0.229 e. The Morgan fingerprint density at radius 3 is 2.47 bits per heavy atom. The van der Waals surface area contributed by atoms with Crippen LogP contribution in [0.15, 0.2) is 48.7 Å². The van der Waals surface area contributed by atoms with Crippen LogP contribution in [0.5, 0.6) is 0 Å². The summed E-state index contributed by atoms with van der Waals surface area (Å²) in [6.07, 6.45) is 1.94. The van der Waals surface area contributed by atoms with E-state index >= 15 is 0 Å². The first kappa shape index (κ1) is 22.6. The number of nitrogens with zero attached hydrogens (tertiary/aromatic N) is 4. The van der Waals surface area contributed by atoms with Gasteiger partial charge in [0.15, 0.2) is 5.82 Å². The summed E-state index contributed by atoms with van der Waals surface area (Å²) in [7, 11) is 2.15. The van der Waals surface area contributed by atoms with Gasteiger partial charge in [-0.15, -0.1) is 0 Å². The number of hydrogen-bond donors (Lipinski definition) is 2. The molecular formula is C23H25Cl2FN6. The van der Waals surface area contributed by atoms with E-state index in [1.54, 1.807) is 12.1 Å². The summed E-state index contributed by atoms with van der Waals surface area (Å²) >= 11 is 12.3. The van der Waals surface area contributed by atoms with E-state index < -0.39 is 0 Å². The summed E-state index contributed by atoms with van der Waals surface area (Å²) in [5, 5.41) is 7.14. The van der Waals surface area contributed by atoms with Crippen molar-refractivity contribution in [3.05, 3.63) is 70.1 Å². The van der Waals surface area contributed by atoms with Crippen molar-refractivity contribution in [1.29, 1.82) is 0 Å². The number of hydrogen-bond acceptors (Lipinski definition) is 6. The second-order valence-electron chi connectivity index (χ2n) is 7.73. The quantitative estimate of drug-likeness (QED) is 0.498. The van der Waals surface area contributed by atoms with E-state index in [9.17, 15) is 4.39 Å². The number of likely N-dealkylation sites (N-methyl/N-ethyl adjacent to an activating group) is 1. The Labute approximate surface area is 197 Å². The van der Waals surface area contributed by atoms with Crippen LogP contribution in [0.1, 0.15) is 5.56 Å². The first-order valence-corrected chi connectivity index (χ1v) is 11.2. The van der Waals surface area contributed by atoms with Gasteiger partial charge in [-0.25, -0.2) is 9.37 Å². The number of halogens is 3. The van der Waals surface area contributed by atoms with Crippen LogP contribution in [-0.2, 0) is 6.42 Å². The Balaban J connectivity index is 1.37. The van der Waals surface area contributed by atoms with Gasteiger partial charge in [-0.2, -0.15) is 4.98 Å². The van der Waals surface area contributed by atoms with E-state index in [0.29, 0.717) is 40.3 Å². The lowest BCUT2D eigenvalue weighted by atomic mass is 10.1. The van der Waals surface area contributed by atoms with Crippen molar-refractivity contribution < 1.29 is 4.39 Å². The van der Waals surface area contributed by atoms with Crippen LogP contribution in [-0.4, -0.2) is 54.6 Å². The zero-order valence-corrected chi connectivity index (χ0v) is 19.3. The van der Waals surface area contributed by atoms with E-state index in [4.69, 9.17) is 23.2 Å². The number of rotatable bonds is 7. The predicted molar refractivity (Wildman–Crippen MR) is 130 cm³/mol. The van der Waals surface area contributed by atoms with Gasteiger partial charge < -0.3 is 20.4 Å². The maximum absolute atomic E-state index is 13.9. The van der Waals surface area contributed by atoms with E-state index in [1.165, 1.54) is 18.0 Å². The zero-order valence-electron chi connectivity index (χ0n) is 17.8. The van der Waals surface area contributed by atoms with Crippen LogP contribution < -0.4 is 15.5 Å². The van der Waals surface area contributed by atoms with E-state index in [0.717, 1.165) is 31.9 Å². The highest BCUT2D eigenvalue weighted by molar-refractivity contribution is 6.32. The third kappa shape index (κ3) is 5.59. The largest absolute Gasteiger partial charge is 0.369 e. The Morgan fingerprint density at radius 2 is 1.75 bits per heavy atom. The molecule has 9 heteroatoms. The third-order valence-corrected chi connectivity index (χ3v) is 6.10. The zero-order chi connectivity index (χ0) is 22.5. The van der Waals surface area contributed by atoms with Crippen LogP contribution >= 0.6 is 23.2 Å². The minimum absolute atomic E-state index is 0.324. The summed E-state index contributed by atoms with van der Waals surface area (Å²) in [5.74, 6) is 0.578. The van der Waals surface area contributed by atoms with Gasteiger partial charge in [0.1, 0.15) is 10.8 Å². The van der Waals surface area contributed by atoms with Crippen LogP contribution in [0.3, 0.4) is 0 Å². The molecule has 0 spiro atoms. The average Bonchev–Trinajstić information content (AvgIpc) is 2.79. The number of nitrogens with one attached hydrogen (secondary N) is 2. The van der Waals surface area contributed by atoms with Gasteiger partial charge in [0.2, 0.25) is 5.95 Å². The molecule has 2 N–H and O–H groups in total. The molecule has 1 fully saturated rings. The summed E-state index contributed by atoms with van der Waals surface area (Å²) in [4.78, 5) is 13.4. The van der Waals surface area contributed by atoms with Gasteiger partial charge in [-0.3, -0.25) is 0 Å². The average molecular weight is 475 g/mol. The fourth-order valence-electron chi connectivity index (χ4n) is 3.58. The molecule has 6 nitrogen and oxygen atoms in total. The molecule has 4 rings (SSSR count). The van der Waals surface area contributed by atoms with Crippen molar-refractivity contribution in [3.8, 4) is 0 Å². The third-order valence-electron chi connectivity index (χ3n) is 5.47. The second kappa shape index (κ2) is 10.3. The molecule has 1 saturated heterocycles. The van der Waals surface area contributed by atoms with Crippen molar-refractivity contribution in [1.82, 2.24) is 14.9 Å². The number of piperazine rings is 1. The second-order valence-corrected chi connectivity index (χ2v) is 8.54. The fourth-order valence-corrected chi connectivity index (χ4v) is 3.99. The SMILES string of the molecule is CN1CCN(c2ccc(Nc3ncc(Cl)c(NCCc4c(F)cccc4Cl)n3)cc2)CC1. The molecule has 3 aromatic rings. The molecule has 1 aliphatic rings. The Bertz CT molecular complexity index is 1030. The number of benzene rings is 2. The van der Waals surface area contributed by atoms with Gasteiger partial charge >= 0.3 is 0 Å². The first-order valence-electron chi connectivity index (χ1n) is 10.5. The monoisotopic (exact) mass is 474 g/mol. The van der Waals surface area contributed by atoms with E-state index in [2.05, 4.69) is 49.6 Å². The summed E-state index contributed by atoms with van der Waals surface area (Å²) in [6.45, 7) is 4.61. The van der Waals surface area contributed by atoms with Crippen molar-refractivity contribution in [3.63, 3.8) is 0 Å². The predicted octanol–water partition coefficient (Wildman–Crippen LogP) is 5.07. The first-order chi connectivity index (χ1) is 15.5. The highest BCUT2D eigenvalue weighted by Crippen LogP contribution is 2.24. The lowest BCUT2D eigenvalue weighted by Gasteiger charge is -2.34. The molecular weight excluding hydrogens is 450 g/mol. The van der Waals surface area contributed by atoms with Gasteiger partial charge in [-0.05, 0) is 49.9 Å². The Hall–Kier alpha value is -2.61. The molecule has 0 bridgehead atoms. The number of anilines is 4. The molecule has 0 unspecified atom stereocenters. The summed E-state index contributed by atoms with van der Waals surface area (Å²) in [5.41, 5.74) is 2.55. The minimum atomic E-state index is -0.324. The van der Waals surface area contributed by atoms with Crippen molar-refractivity contribution >= 4 is 46.3 Å². The van der Waals surface area contributed by atoms with Crippen LogP contribution in [0, 0.1) is 5.82 Å². The Kier molecular flexibility index (Phi) is 7.29. The molecule has 1 aliphatic heterocycles. The standard InChI is InChI=1S/C23H25Cl2FN6/c1-31-11-13-32(14-12-31)17-7-5-16(6-8-17)29-23-28-15-20(25)22(30-23)27-10-9-18-19(24)3-2-4-21(18)26/h2-8,15H,9-14H2,1H3,(H2,27,28,29,30). The molecule has 0 atom stereocenters. The molecule has 168 valence electrons. The van der Waals surface area contributed by atoms with Crippen molar-refractivity contribution in [2.75, 3.05) is 55.3 Å². The highest BCUT2D eigenvalue weighted by Gasteiger charge is 2.14. The van der Waals surface area contributed by atoms with Crippen molar-refractivity contribution in [2.45, 2.75) is 6.42 Å². The molecule has 2 heterocycles. The topological polar surface area (TPSA) is 56.3 Å². The van der Waals surface area contributed by atoms with Crippen LogP contribution in [0.25, 0.3) is 0 Å². The van der Waals surface area contributed by atoms with Gasteiger partial charge in [0.05, 0.1) is 6.20 Å². The van der Waals surface area contributed by atoms with Gasteiger partial charge in [-0.1, -0.05) is 29.3 Å². The van der Waals surface area contributed by atoms with E-state index in [-0.39, 0.29) is 5.82 Å². The van der Waals surface area contributed by atoms with Crippen molar-refractivity contribution in [2.24, 2.45) is 0 Å². The van der Waals surface area contributed by atoms with Crippen LogP contribution in [0.4, 0.5) is 27.5 Å². The lowest BCUT2D eigenvalue weighted by molar-refractivity contribution is 0.313. The molecule has 0 aliphatic carbocycles. The van der Waals surface area contributed by atoms with Gasteiger partial charge in [0, 0.05) is 54.7 Å². The maximum atomic E-state index is 13.9.